The molecule has 33 heavy (non-hydrogen) atoms. The van der Waals surface area contributed by atoms with Crippen LogP contribution in [0.25, 0.3) is 10.9 Å². The van der Waals surface area contributed by atoms with Gasteiger partial charge in [-0.15, -0.1) is 0 Å². The first-order valence-corrected chi connectivity index (χ1v) is 11.2. The van der Waals surface area contributed by atoms with Gasteiger partial charge in [-0.1, -0.05) is 21.8 Å². The molecule has 0 atom stereocenters. The van der Waals surface area contributed by atoms with Crippen molar-refractivity contribution >= 4 is 32.7 Å². The van der Waals surface area contributed by atoms with Crippen molar-refractivity contribution in [3.05, 3.63) is 66.1 Å². The van der Waals surface area contributed by atoms with E-state index in [2.05, 4.69) is 15.6 Å². The molecule has 0 unspecified atom stereocenters. The molecule has 0 saturated heterocycles. The van der Waals surface area contributed by atoms with Gasteiger partial charge in [-0.25, -0.2) is 8.42 Å². The molecule has 2 aromatic heterocycles. The third-order valence-electron chi connectivity index (χ3n) is 5.00. The summed E-state index contributed by atoms with van der Waals surface area (Å²) in [5.74, 6) is 0.391. The number of hydrogen-bond acceptors (Lipinski definition) is 8. The Balaban J connectivity index is 1.67. The zero-order valence-electron chi connectivity index (χ0n) is 18.0. The van der Waals surface area contributed by atoms with Crippen LogP contribution in [-0.4, -0.2) is 55.0 Å². The second-order valence-corrected chi connectivity index (χ2v) is 8.91. The summed E-state index contributed by atoms with van der Waals surface area (Å²) in [6.45, 7) is 0.306. The third-order valence-corrected chi connectivity index (χ3v) is 6.70. The Morgan fingerprint density at radius 1 is 1.15 bits per heavy atom. The zero-order chi connectivity index (χ0) is 23.6. The van der Waals surface area contributed by atoms with Gasteiger partial charge in [0.2, 0.25) is 0 Å². The SMILES string of the molecule is COc1ccc2c(c1)c(C(=O)Nc1ccon1)nn2Cc1ccc(S(=O)(=O)N(C)OC)cc1. The minimum atomic E-state index is -3.74. The van der Waals surface area contributed by atoms with E-state index in [-0.39, 0.29) is 16.4 Å². The number of fused-ring (bicyclic) bond motifs is 1. The molecule has 172 valence electrons. The van der Waals surface area contributed by atoms with Crippen LogP contribution in [0.2, 0.25) is 0 Å². The standard InChI is InChI=1S/C21H21N5O6S/c1-25(31-3)33(28,29)16-7-4-14(5-8-16)13-26-18-9-6-15(30-2)12-17(18)20(23-26)21(27)22-19-10-11-32-24-19/h4-12H,13H2,1-3H3,(H,22,24,27). The average Bonchev–Trinajstić information content (AvgIpc) is 3.46. The molecule has 0 aliphatic heterocycles. The van der Waals surface area contributed by atoms with E-state index in [9.17, 15) is 13.2 Å². The number of amides is 1. The fraction of sp³-hybridized carbons (Fsp3) is 0.190. The van der Waals surface area contributed by atoms with Crippen LogP contribution in [-0.2, 0) is 21.4 Å². The number of methoxy groups -OCH3 is 1. The van der Waals surface area contributed by atoms with Crippen LogP contribution in [0.3, 0.4) is 0 Å². The number of hydrogen-bond donors (Lipinski definition) is 1. The lowest BCUT2D eigenvalue weighted by molar-refractivity contribution is -0.0258. The highest BCUT2D eigenvalue weighted by atomic mass is 32.2. The summed E-state index contributed by atoms with van der Waals surface area (Å²) < 4.78 is 37.3. The van der Waals surface area contributed by atoms with Gasteiger partial charge < -0.3 is 14.6 Å². The summed E-state index contributed by atoms with van der Waals surface area (Å²) in [5, 5.41) is 11.4. The number of anilines is 1. The van der Waals surface area contributed by atoms with Crippen LogP contribution in [0, 0.1) is 0 Å². The molecule has 0 radical (unpaired) electrons. The van der Waals surface area contributed by atoms with E-state index in [1.54, 1.807) is 35.0 Å². The van der Waals surface area contributed by atoms with Gasteiger partial charge in [0.25, 0.3) is 15.9 Å². The summed E-state index contributed by atoms with van der Waals surface area (Å²) >= 11 is 0. The molecule has 12 heteroatoms. The second-order valence-electron chi connectivity index (χ2n) is 6.97. The van der Waals surface area contributed by atoms with Gasteiger partial charge in [0.05, 0.1) is 31.2 Å². The monoisotopic (exact) mass is 471 g/mol. The van der Waals surface area contributed by atoms with Crippen LogP contribution >= 0.6 is 0 Å². The Kier molecular flexibility index (Phi) is 6.14. The Morgan fingerprint density at radius 2 is 1.91 bits per heavy atom. The van der Waals surface area contributed by atoms with Crippen LogP contribution in [0.4, 0.5) is 5.82 Å². The van der Waals surface area contributed by atoms with Gasteiger partial charge in [-0.05, 0) is 35.9 Å². The van der Waals surface area contributed by atoms with E-state index in [0.717, 1.165) is 10.0 Å². The lowest BCUT2D eigenvalue weighted by atomic mass is 10.2. The predicted molar refractivity (Wildman–Crippen MR) is 118 cm³/mol. The zero-order valence-corrected chi connectivity index (χ0v) is 18.9. The van der Waals surface area contributed by atoms with Crippen molar-refractivity contribution < 1.29 is 27.3 Å². The van der Waals surface area contributed by atoms with Gasteiger partial charge in [-0.2, -0.15) is 5.10 Å². The number of hydroxylamine groups is 1. The average molecular weight is 471 g/mol. The molecule has 2 heterocycles. The Bertz CT molecular complexity index is 1380. The van der Waals surface area contributed by atoms with Crippen molar-refractivity contribution in [2.45, 2.75) is 11.4 Å². The minimum Gasteiger partial charge on any atom is -0.497 e. The van der Waals surface area contributed by atoms with Crippen molar-refractivity contribution in [1.82, 2.24) is 19.4 Å². The highest BCUT2D eigenvalue weighted by Gasteiger charge is 2.22. The maximum atomic E-state index is 12.8. The molecule has 0 saturated carbocycles. The van der Waals surface area contributed by atoms with Gasteiger partial charge in [0, 0.05) is 18.5 Å². The summed E-state index contributed by atoms with van der Waals surface area (Å²) in [4.78, 5) is 17.7. The largest absolute Gasteiger partial charge is 0.497 e. The molecule has 0 fully saturated rings. The number of nitrogens with zero attached hydrogens (tertiary/aromatic N) is 4. The molecule has 1 amide bonds. The van der Waals surface area contributed by atoms with Crippen LogP contribution in [0.5, 0.6) is 5.75 Å². The summed E-state index contributed by atoms with van der Waals surface area (Å²) in [6, 6.07) is 13.2. The van der Waals surface area contributed by atoms with Crippen molar-refractivity contribution in [2.24, 2.45) is 0 Å². The molecule has 2 aromatic carbocycles. The lowest BCUT2D eigenvalue weighted by Crippen LogP contribution is -2.25. The number of carbonyl (C=O) groups is 1. The Hall–Kier alpha value is -3.74. The van der Waals surface area contributed by atoms with Crippen LogP contribution in [0.1, 0.15) is 16.1 Å². The van der Waals surface area contributed by atoms with E-state index in [1.807, 2.05) is 0 Å². The lowest BCUT2D eigenvalue weighted by Gasteiger charge is -2.14. The first-order chi connectivity index (χ1) is 15.8. The molecule has 0 aliphatic rings. The minimum absolute atomic E-state index is 0.0957. The molecule has 11 nitrogen and oxygen atoms in total. The fourth-order valence-electron chi connectivity index (χ4n) is 3.21. The van der Waals surface area contributed by atoms with Gasteiger partial charge in [-0.3, -0.25) is 14.3 Å². The molecule has 4 aromatic rings. The quantitative estimate of drug-likeness (QED) is 0.388. The number of benzene rings is 2. The van der Waals surface area contributed by atoms with E-state index in [4.69, 9.17) is 14.1 Å². The highest BCUT2D eigenvalue weighted by Crippen LogP contribution is 2.26. The number of aromatic nitrogens is 3. The van der Waals surface area contributed by atoms with Crippen LogP contribution in [0.15, 0.2) is 64.2 Å². The molecular weight excluding hydrogens is 450 g/mol. The fourth-order valence-corrected chi connectivity index (χ4v) is 4.19. The maximum Gasteiger partial charge on any atom is 0.278 e. The second kappa shape index (κ2) is 9.02. The molecule has 4 rings (SSSR count). The van der Waals surface area contributed by atoms with Crippen molar-refractivity contribution in [2.75, 3.05) is 26.6 Å². The molecule has 0 spiro atoms. The topological polar surface area (TPSA) is 129 Å². The van der Waals surface area contributed by atoms with Crippen molar-refractivity contribution in [3.8, 4) is 5.75 Å². The smallest absolute Gasteiger partial charge is 0.278 e. The number of nitrogens with one attached hydrogen (secondary N) is 1. The van der Waals surface area contributed by atoms with Crippen molar-refractivity contribution in [1.29, 1.82) is 0 Å². The molecule has 1 N–H and O–H groups in total. The van der Waals surface area contributed by atoms with Gasteiger partial charge >= 0.3 is 0 Å². The highest BCUT2D eigenvalue weighted by molar-refractivity contribution is 7.89. The summed E-state index contributed by atoms with van der Waals surface area (Å²) in [5.41, 5.74) is 1.68. The van der Waals surface area contributed by atoms with E-state index in [0.29, 0.717) is 23.2 Å². The molecule has 0 bridgehead atoms. The predicted octanol–water partition coefficient (Wildman–Crippen LogP) is 2.52. The third kappa shape index (κ3) is 4.44. The Labute approximate surface area is 189 Å². The summed E-state index contributed by atoms with van der Waals surface area (Å²) in [7, 11) is 0.391. The number of carbonyl (C=O) groups excluding carboxylic acids is 1. The first-order valence-electron chi connectivity index (χ1n) is 9.71. The molecule has 0 aliphatic carbocycles. The normalized spacial score (nSPS) is 11.8. The van der Waals surface area contributed by atoms with E-state index < -0.39 is 15.9 Å². The molecular formula is C21H21N5O6S. The number of ether oxygens (including phenoxy) is 1. The maximum absolute atomic E-state index is 12.8. The van der Waals surface area contributed by atoms with Crippen molar-refractivity contribution in [3.63, 3.8) is 0 Å². The van der Waals surface area contributed by atoms with E-state index in [1.165, 1.54) is 45.7 Å². The summed E-state index contributed by atoms with van der Waals surface area (Å²) in [6.07, 6.45) is 1.35. The number of rotatable bonds is 8. The van der Waals surface area contributed by atoms with E-state index >= 15 is 0 Å². The Morgan fingerprint density at radius 3 is 2.55 bits per heavy atom. The van der Waals surface area contributed by atoms with Gasteiger partial charge in [0.15, 0.2) is 11.5 Å². The first kappa shape index (κ1) is 22.5. The van der Waals surface area contributed by atoms with Crippen LogP contribution < -0.4 is 10.1 Å². The number of sulfonamides is 1. The van der Waals surface area contributed by atoms with Gasteiger partial charge in [0.1, 0.15) is 12.0 Å².